The molecule has 0 saturated carbocycles. The van der Waals surface area contributed by atoms with Gasteiger partial charge in [0.1, 0.15) is 5.75 Å². The molecule has 6 heteroatoms. The van der Waals surface area contributed by atoms with E-state index in [1.54, 1.807) is 48.3 Å². The molecule has 6 nitrogen and oxygen atoms in total. The van der Waals surface area contributed by atoms with Gasteiger partial charge in [0.25, 0.3) is 11.8 Å². The number of rotatable bonds is 7. The molecule has 3 aromatic rings. The second-order valence-corrected chi connectivity index (χ2v) is 7.13. The Bertz CT molecular complexity index is 966. The molecule has 0 bridgehead atoms. The number of amides is 2. The highest BCUT2D eigenvalue weighted by molar-refractivity contribution is 6.02. The molecular formula is C23H24N2O4. The number of carbonyl (C=O) groups excluding carboxylic acids is 2. The number of benzene rings is 2. The lowest BCUT2D eigenvalue weighted by Gasteiger charge is -2.36. The summed E-state index contributed by atoms with van der Waals surface area (Å²) in [7, 11) is 1.76. The first kappa shape index (κ1) is 20.2. The van der Waals surface area contributed by atoms with Crippen LogP contribution in [0.25, 0.3) is 0 Å². The number of ether oxygens (including phenoxy) is 1. The summed E-state index contributed by atoms with van der Waals surface area (Å²) in [4.78, 5) is 26.4. The maximum Gasteiger partial charge on any atom is 0.291 e. The Morgan fingerprint density at radius 1 is 1.03 bits per heavy atom. The molecule has 0 atom stereocenters. The normalized spacial score (nSPS) is 11.0. The Labute approximate surface area is 170 Å². The summed E-state index contributed by atoms with van der Waals surface area (Å²) in [5.74, 6) is 0.203. The topological polar surface area (TPSA) is 71.8 Å². The van der Waals surface area contributed by atoms with Gasteiger partial charge in [-0.1, -0.05) is 36.4 Å². The van der Waals surface area contributed by atoms with Crippen molar-refractivity contribution in [3.8, 4) is 5.75 Å². The number of hydrogen-bond acceptors (Lipinski definition) is 4. The molecule has 2 aromatic carbocycles. The molecule has 0 unspecified atom stereocenters. The first-order chi connectivity index (χ1) is 13.9. The van der Waals surface area contributed by atoms with Crippen LogP contribution >= 0.6 is 0 Å². The van der Waals surface area contributed by atoms with Crippen LogP contribution in [-0.4, -0.2) is 30.4 Å². The summed E-state index contributed by atoms with van der Waals surface area (Å²) >= 11 is 0. The summed E-state index contributed by atoms with van der Waals surface area (Å²) in [6.07, 6.45) is 1.44. The van der Waals surface area contributed by atoms with Crippen LogP contribution in [0.5, 0.6) is 5.75 Å². The van der Waals surface area contributed by atoms with Crippen molar-refractivity contribution in [2.24, 2.45) is 0 Å². The smallest absolute Gasteiger partial charge is 0.291 e. The second kappa shape index (κ2) is 8.65. The van der Waals surface area contributed by atoms with Gasteiger partial charge in [-0.2, -0.15) is 0 Å². The SMILES string of the molecule is CN(C(=O)COc1cccc(NC(=O)c2ccco2)c1)C(C)(C)c1ccccc1. The third kappa shape index (κ3) is 4.85. The van der Waals surface area contributed by atoms with E-state index in [0.717, 1.165) is 5.56 Å². The Hall–Kier alpha value is -3.54. The zero-order valence-corrected chi connectivity index (χ0v) is 16.7. The first-order valence-corrected chi connectivity index (χ1v) is 9.28. The van der Waals surface area contributed by atoms with E-state index in [0.29, 0.717) is 11.4 Å². The zero-order chi connectivity index (χ0) is 20.9. The third-order valence-electron chi connectivity index (χ3n) is 4.89. The van der Waals surface area contributed by atoms with Gasteiger partial charge in [-0.3, -0.25) is 9.59 Å². The van der Waals surface area contributed by atoms with Crippen molar-refractivity contribution in [3.05, 3.63) is 84.3 Å². The van der Waals surface area contributed by atoms with Crippen molar-refractivity contribution in [2.45, 2.75) is 19.4 Å². The van der Waals surface area contributed by atoms with E-state index in [9.17, 15) is 9.59 Å². The number of likely N-dealkylation sites (N-methyl/N-ethyl adjacent to an activating group) is 1. The molecule has 0 aliphatic heterocycles. The van der Waals surface area contributed by atoms with E-state index in [4.69, 9.17) is 9.15 Å². The Kier molecular flexibility index (Phi) is 6.02. The van der Waals surface area contributed by atoms with Gasteiger partial charge in [-0.15, -0.1) is 0 Å². The fourth-order valence-corrected chi connectivity index (χ4v) is 2.86. The largest absolute Gasteiger partial charge is 0.484 e. The summed E-state index contributed by atoms with van der Waals surface area (Å²) < 4.78 is 10.7. The van der Waals surface area contributed by atoms with E-state index in [2.05, 4.69) is 5.32 Å². The summed E-state index contributed by atoms with van der Waals surface area (Å²) in [6.45, 7) is 3.87. The highest BCUT2D eigenvalue weighted by Gasteiger charge is 2.29. The van der Waals surface area contributed by atoms with Crippen LogP contribution in [0.2, 0.25) is 0 Å². The van der Waals surface area contributed by atoms with E-state index in [-0.39, 0.29) is 24.2 Å². The number of hydrogen-bond donors (Lipinski definition) is 1. The van der Waals surface area contributed by atoms with E-state index < -0.39 is 5.54 Å². The molecular weight excluding hydrogens is 368 g/mol. The minimum atomic E-state index is -0.472. The number of furan rings is 1. The molecule has 29 heavy (non-hydrogen) atoms. The van der Waals surface area contributed by atoms with E-state index in [1.165, 1.54) is 6.26 Å². The lowest BCUT2D eigenvalue weighted by atomic mass is 9.92. The second-order valence-electron chi connectivity index (χ2n) is 7.13. The molecule has 0 fully saturated rings. The van der Waals surface area contributed by atoms with Crippen molar-refractivity contribution in [1.82, 2.24) is 4.90 Å². The highest BCUT2D eigenvalue weighted by Crippen LogP contribution is 2.26. The van der Waals surface area contributed by atoms with Crippen molar-refractivity contribution in [1.29, 1.82) is 0 Å². The maximum absolute atomic E-state index is 12.7. The minimum absolute atomic E-state index is 0.109. The number of nitrogens with one attached hydrogen (secondary N) is 1. The van der Waals surface area contributed by atoms with Gasteiger partial charge in [0.2, 0.25) is 0 Å². The Morgan fingerprint density at radius 2 is 1.79 bits per heavy atom. The van der Waals surface area contributed by atoms with Crippen molar-refractivity contribution >= 4 is 17.5 Å². The van der Waals surface area contributed by atoms with Crippen molar-refractivity contribution < 1.29 is 18.7 Å². The molecule has 3 rings (SSSR count). The standard InChI is InChI=1S/C23H24N2O4/c1-23(2,17-9-5-4-6-10-17)25(3)21(26)16-29-19-12-7-11-18(15-19)24-22(27)20-13-8-14-28-20/h4-15H,16H2,1-3H3,(H,24,27). The van der Waals surface area contributed by atoms with Crippen LogP contribution in [0, 0.1) is 0 Å². The molecule has 0 saturated heterocycles. The molecule has 150 valence electrons. The average Bonchev–Trinajstić information content (AvgIpc) is 3.27. The minimum Gasteiger partial charge on any atom is -0.484 e. The molecule has 1 N–H and O–H groups in total. The van der Waals surface area contributed by atoms with E-state index in [1.807, 2.05) is 44.2 Å². The fraction of sp³-hybridized carbons (Fsp3) is 0.217. The molecule has 2 amide bonds. The average molecular weight is 392 g/mol. The van der Waals surface area contributed by atoms with Crippen molar-refractivity contribution in [2.75, 3.05) is 19.0 Å². The predicted molar refractivity (Wildman–Crippen MR) is 111 cm³/mol. The Balaban J connectivity index is 1.61. The summed E-state index contributed by atoms with van der Waals surface area (Å²) in [5, 5.41) is 2.73. The lowest BCUT2D eigenvalue weighted by Crippen LogP contribution is -2.44. The third-order valence-corrected chi connectivity index (χ3v) is 4.89. The summed E-state index contributed by atoms with van der Waals surface area (Å²) in [5.41, 5.74) is 1.12. The van der Waals surface area contributed by atoms with Gasteiger partial charge < -0.3 is 19.4 Å². The number of anilines is 1. The highest BCUT2D eigenvalue weighted by atomic mass is 16.5. The molecule has 0 aliphatic rings. The lowest BCUT2D eigenvalue weighted by molar-refractivity contribution is -0.137. The monoisotopic (exact) mass is 392 g/mol. The van der Waals surface area contributed by atoms with Gasteiger partial charge in [0.05, 0.1) is 11.8 Å². The van der Waals surface area contributed by atoms with Crippen LogP contribution in [0.4, 0.5) is 5.69 Å². The zero-order valence-electron chi connectivity index (χ0n) is 16.7. The van der Waals surface area contributed by atoms with Crippen LogP contribution in [-0.2, 0) is 10.3 Å². The first-order valence-electron chi connectivity index (χ1n) is 9.28. The number of carbonyl (C=O) groups is 2. The van der Waals surface area contributed by atoms with Crippen LogP contribution in [0.15, 0.2) is 77.4 Å². The maximum atomic E-state index is 12.7. The fourth-order valence-electron chi connectivity index (χ4n) is 2.86. The Morgan fingerprint density at radius 3 is 2.48 bits per heavy atom. The van der Waals surface area contributed by atoms with Crippen LogP contribution in [0.3, 0.4) is 0 Å². The molecule has 0 spiro atoms. The molecule has 1 heterocycles. The summed E-state index contributed by atoms with van der Waals surface area (Å²) in [6, 6.07) is 20.0. The molecule has 1 aromatic heterocycles. The van der Waals surface area contributed by atoms with E-state index >= 15 is 0 Å². The van der Waals surface area contributed by atoms with Crippen LogP contribution < -0.4 is 10.1 Å². The van der Waals surface area contributed by atoms with Gasteiger partial charge >= 0.3 is 0 Å². The van der Waals surface area contributed by atoms with Gasteiger partial charge in [0, 0.05) is 18.8 Å². The predicted octanol–water partition coefficient (Wildman–Crippen LogP) is 4.30. The number of nitrogens with zero attached hydrogens (tertiary/aromatic N) is 1. The quantitative estimate of drug-likeness (QED) is 0.651. The molecule has 0 aliphatic carbocycles. The van der Waals surface area contributed by atoms with Gasteiger partial charge in [0.15, 0.2) is 12.4 Å². The molecule has 0 radical (unpaired) electrons. The van der Waals surface area contributed by atoms with Gasteiger partial charge in [-0.05, 0) is 43.7 Å². The van der Waals surface area contributed by atoms with Crippen LogP contribution in [0.1, 0.15) is 30.0 Å². The van der Waals surface area contributed by atoms with Gasteiger partial charge in [-0.25, -0.2) is 0 Å². The van der Waals surface area contributed by atoms with Crippen molar-refractivity contribution in [3.63, 3.8) is 0 Å².